The summed E-state index contributed by atoms with van der Waals surface area (Å²) in [5, 5.41) is 0. The van der Waals surface area contributed by atoms with Crippen LogP contribution in [0.5, 0.6) is 0 Å². The van der Waals surface area contributed by atoms with Crippen molar-refractivity contribution < 1.29 is 25.1 Å². The molecule has 20 valence electrons. The van der Waals surface area contributed by atoms with Gasteiger partial charge in [0.1, 0.15) is 6.29 Å². The van der Waals surface area contributed by atoms with Gasteiger partial charge in [-0.25, -0.2) is 0 Å². The Morgan fingerprint density at radius 2 is 2.00 bits per heavy atom. The molecule has 0 amide bonds. The molecule has 0 saturated heterocycles. The van der Waals surface area contributed by atoms with Gasteiger partial charge in [-0.1, -0.05) is 0 Å². The van der Waals surface area contributed by atoms with Crippen molar-refractivity contribution in [3.8, 4) is 0 Å². The van der Waals surface area contributed by atoms with Gasteiger partial charge in [0, 0.05) is 0 Å². The molecule has 0 heterocycles. The van der Waals surface area contributed by atoms with Crippen LogP contribution in [0.3, 0.4) is 0 Å². The van der Waals surface area contributed by atoms with E-state index in [1.165, 1.54) is 6.92 Å². The number of rotatable bonds is 0. The van der Waals surface area contributed by atoms with Crippen LogP contribution in [0.1, 0.15) is 8.35 Å². The molecule has 1 nitrogen and oxygen atoms in total. The summed E-state index contributed by atoms with van der Waals surface area (Å²) in [6.45, 7) is 1.44. The normalized spacial score (nSPS) is 3.25. The second kappa shape index (κ2) is 10.5. The first-order valence-electron chi connectivity index (χ1n) is 0.813. The molecule has 0 atom stereocenters. The Hall–Kier alpha value is 0.267. The van der Waals surface area contributed by atoms with E-state index in [9.17, 15) is 0 Å². The van der Waals surface area contributed by atoms with Crippen LogP contribution in [-0.4, -0.2) is 6.29 Å². The van der Waals surface area contributed by atoms with E-state index in [1.54, 1.807) is 0 Å². The fourth-order valence-corrected chi connectivity index (χ4v) is 0. The maximum Gasteiger partial charge on any atom is 1.00 e. The smallest absolute Gasteiger partial charge is 1.00 e. The van der Waals surface area contributed by atoms with Gasteiger partial charge in [-0.15, -0.1) is 0 Å². The Labute approximate surface area is 39.0 Å². The number of carbonyl (C=O) groups excluding carboxylic acids is 1. The molecule has 0 aliphatic rings. The van der Waals surface area contributed by atoms with E-state index in [0.717, 1.165) is 6.29 Å². The molecule has 0 fully saturated rings. The van der Waals surface area contributed by atoms with Crippen molar-refractivity contribution in [2.45, 2.75) is 6.92 Å². The maximum absolute atomic E-state index is 8.81. The second-order valence-corrected chi connectivity index (χ2v) is 0.236. The summed E-state index contributed by atoms with van der Waals surface area (Å²) in [5.41, 5.74) is 0. The van der Waals surface area contributed by atoms with E-state index >= 15 is 0 Å². The van der Waals surface area contributed by atoms with E-state index in [-0.39, 0.29) is 20.3 Å². The zero-order chi connectivity index (χ0) is 2.71. The average molecular weight is 52.0 g/mol. The third-order valence-electron chi connectivity index (χ3n) is 0. The maximum atomic E-state index is 8.81. The van der Waals surface area contributed by atoms with Crippen molar-refractivity contribution in [2.24, 2.45) is 0 Å². The van der Waals surface area contributed by atoms with Crippen molar-refractivity contribution in [1.82, 2.24) is 0 Å². The predicted octanol–water partition coefficient (Wildman–Crippen LogP) is -2.68. The summed E-state index contributed by atoms with van der Waals surface area (Å²) in [6.07, 6.45) is 0.750. The zero-order valence-electron chi connectivity index (χ0n) is 3.99. The topological polar surface area (TPSA) is 17.1 Å². The van der Waals surface area contributed by atoms with E-state index < -0.39 is 0 Å². The minimum Gasteiger partial charge on any atom is -1.00 e. The van der Waals surface area contributed by atoms with Crippen LogP contribution in [0.15, 0.2) is 0 Å². The molecule has 0 bridgehead atoms. The summed E-state index contributed by atoms with van der Waals surface area (Å²) < 4.78 is 0. The first-order valence-corrected chi connectivity index (χ1v) is 0.813. The molecule has 0 radical (unpaired) electrons. The Balaban J connectivity index is -0.0000000200. The van der Waals surface area contributed by atoms with Gasteiger partial charge < -0.3 is 6.22 Å². The third kappa shape index (κ3) is 50.9. The molecule has 0 aliphatic carbocycles. The number of aldehydes is 1. The van der Waals surface area contributed by atoms with Gasteiger partial charge in [-0.2, -0.15) is 0 Å². The minimum absolute atomic E-state index is 0. The summed E-state index contributed by atoms with van der Waals surface area (Å²) in [6, 6.07) is 0. The average Bonchev–Trinajstić information content (AvgIpc) is 0.918. The molecule has 0 saturated carbocycles. The van der Waals surface area contributed by atoms with E-state index in [0.29, 0.717) is 0 Å². The third-order valence-corrected chi connectivity index (χ3v) is 0. The predicted molar refractivity (Wildman–Crippen MR) is 12.9 cm³/mol. The van der Waals surface area contributed by atoms with E-state index in [4.69, 9.17) is 4.79 Å². The molecule has 0 aromatic heterocycles. The Kier molecular flexibility index (Phi) is 23.2. The second-order valence-electron chi connectivity index (χ2n) is 0.236. The molecular formula is C2H5LiO. The van der Waals surface area contributed by atoms with Gasteiger partial charge in [-0.05, 0) is 6.92 Å². The molecule has 0 spiro atoms. The minimum atomic E-state index is 0. The van der Waals surface area contributed by atoms with Crippen molar-refractivity contribution in [3.63, 3.8) is 0 Å². The van der Waals surface area contributed by atoms with Crippen molar-refractivity contribution in [1.29, 1.82) is 0 Å². The SMILES string of the molecule is CC=O.[H-].[Li+]. The van der Waals surface area contributed by atoms with Crippen molar-refractivity contribution in [2.75, 3.05) is 0 Å². The number of hydrogen-bond acceptors (Lipinski definition) is 1. The molecule has 4 heavy (non-hydrogen) atoms. The van der Waals surface area contributed by atoms with Crippen LogP contribution < -0.4 is 18.9 Å². The monoisotopic (exact) mass is 52.1 g/mol. The fourth-order valence-electron chi connectivity index (χ4n) is 0. The van der Waals surface area contributed by atoms with Crippen LogP contribution >= 0.6 is 0 Å². The Morgan fingerprint density at radius 1 is 2.00 bits per heavy atom. The van der Waals surface area contributed by atoms with Crippen LogP contribution in [0.2, 0.25) is 0 Å². The molecule has 0 N–H and O–H groups in total. The molecule has 0 aromatic carbocycles. The van der Waals surface area contributed by atoms with Crippen molar-refractivity contribution >= 4 is 6.29 Å². The molecular weight excluding hydrogens is 47.0 g/mol. The summed E-state index contributed by atoms with van der Waals surface area (Å²) in [4.78, 5) is 8.81. The fraction of sp³-hybridized carbons (Fsp3) is 0.500. The molecule has 0 unspecified atom stereocenters. The van der Waals surface area contributed by atoms with Gasteiger partial charge in [0.25, 0.3) is 0 Å². The standard InChI is InChI=1S/C2H4O.Li.H/c1-2-3;;/h2H,1H3;;/q;+1;-1. The van der Waals surface area contributed by atoms with Crippen LogP contribution in [0.4, 0.5) is 0 Å². The summed E-state index contributed by atoms with van der Waals surface area (Å²) in [7, 11) is 0. The summed E-state index contributed by atoms with van der Waals surface area (Å²) >= 11 is 0. The van der Waals surface area contributed by atoms with Gasteiger partial charge in [0.05, 0.1) is 0 Å². The Bertz CT molecular complexity index is 17.1. The molecule has 0 rings (SSSR count). The quantitative estimate of drug-likeness (QED) is 0.217. The number of carbonyl (C=O) groups is 1. The van der Waals surface area contributed by atoms with Gasteiger partial charge in [0.15, 0.2) is 0 Å². The van der Waals surface area contributed by atoms with Crippen LogP contribution in [-0.2, 0) is 4.79 Å². The van der Waals surface area contributed by atoms with E-state index in [2.05, 4.69) is 0 Å². The van der Waals surface area contributed by atoms with Crippen molar-refractivity contribution in [3.05, 3.63) is 0 Å². The summed E-state index contributed by atoms with van der Waals surface area (Å²) in [5.74, 6) is 0. The van der Waals surface area contributed by atoms with Crippen LogP contribution in [0, 0.1) is 0 Å². The first-order chi connectivity index (χ1) is 1.41. The Morgan fingerprint density at radius 3 is 2.00 bits per heavy atom. The largest absolute Gasteiger partial charge is 1.00 e. The molecule has 0 aliphatic heterocycles. The molecule has 2 heteroatoms. The van der Waals surface area contributed by atoms with Gasteiger partial charge >= 0.3 is 18.9 Å². The van der Waals surface area contributed by atoms with Gasteiger partial charge in [0.2, 0.25) is 0 Å². The van der Waals surface area contributed by atoms with Gasteiger partial charge in [-0.3, -0.25) is 0 Å². The number of hydrogen-bond donors (Lipinski definition) is 0. The first kappa shape index (κ1) is 8.86. The van der Waals surface area contributed by atoms with E-state index in [1.807, 2.05) is 0 Å². The zero-order valence-corrected chi connectivity index (χ0v) is 2.99. The molecule has 0 aromatic rings. The van der Waals surface area contributed by atoms with Crippen LogP contribution in [0.25, 0.3) is 0 Å².